The Kier molecular flexibility index (Phi) is 10.2. The molecule has 2 amide bonds. The van der Waals surface area contributed by atoms with Crippen LogP contribution in [0.3, 0.4) is 0 Å². The minimum atomic E-state index is -0.362. The number of carbonyl (C=O) groups excluding carboxylic acids is 3. The van der Waals surface area contributed by atoms with Gasteiger partial charge in [0.05, 0.1) is 12.5 Å². The van der Waals surface area contributed by atoms with Gasteiger partial charge in [-0.2, -0.15) is 0 Å². The number of likely N-dealkylation sites (tertiary alicyclic amines) is 1. The summed E-state index contributed by atoms with van der Waals surface area (Å²) in [5, 5.41) is 3.09. The lowest BCUT2D eigenvalue weighted by Gasteiger charge is -2.33. The molecule has 3 heterocycles. The summed E-state index contributed by atoms with van der Waals surface area (Å²) in [4.78, 5) is 47.6. The van der Waals surface area contributed by atoms with Gasteiger partial charge in [-0.05, 0) is 71.2 Å². The third-order valence-corrected chi connectivity index (χ3v) is 7.35. The van der Waals surface area contributed by atoms with Crippen molar-refractivity contribution in [2.45, 2.75) is 52.9 Å². The fourth-order valence-electron chi connectivity index (χ4n) is 5.11. The van der Waals surface area contributed by atoms with Gasteiger partial charge in [-0.15, -0.1) is 0 Å². The van der Waals surface area contributed by atoms with Crippen LogP contribution in [-0.4, -0.2) is 103 Å². The molecule has 0 saturated carbocycles. The molecule has 1 aromatic rings. The summed E-state index contributed by atoms with van der Waals surface area (Å²) in [7, 11) is 2.15. The van der Waals surface area contributed by atoms with Crippen LogP contribution in [0, 0.1) is 19.8 Å². The van der Waals surface area contributed by atoms with E-state index in [0.29, 0.717) is 44.8 Å². The van der Waals surface area contributed by atoms with E-state index < -0.39 is 0 Å². The van der Waals surface area contributed by atoms with E-state index in [1.165, 1.54) is 0 Å². The number of esters is 1. The number of carbonyl (C=O) groups is 3. The van der Waals surface area contributed by atoms with E-state index in [-0.39, 0.29) is 23.7 Å². The fourth-order valence-corrected chi connectivity index (χ4v) is 5.11. The molecule has 2 aliphatic heterocycles. The lowest BCUT2D eigenvalue weighted by molar-refractivity contribution is -0.135. The van der Waals surface area contributed by atoms with Crippen LogP contribution in [0.5, 0.6) is 0 Å². The van der Waals surface area contributed by atoms with Crippen LogP contribution < -0.4 is 5.32 Å². The average molecular weight is 490 g/mol. The Morgan fingerprint density at radius 3 is 2.57 bits per heavy atom. The summed E-state index contributed by atoms with van der Waals surface area (Å²) >= 11 is 0. The average Bonchev–Trinajstić information content (AvgIpc) is 3.14. The van der Waals surface area contributed by atoms with Crippen molar-refractivity contribution in [2.75, 3.05) is 66.0 Å². The molecular formula is C26H43N5O4. The number of ether oxygens (including phenoxy) is 1. The van der Waals surface area contributed by atoms with Crippen molar-refractivity contribution in [1.29, 1.82) is 0 Å². The molecule has 1 atom stereocenters. The first-order chi connectivity index (χ1) is 16.8. The summed E-state index contributed by atoms with van der Waals surface area (Å²) in [6.45, 7) is 13.2. The van der Waals surface area contributed by atoms with Gasteiger partial charge in [0.25, 0.3) is 0 Å². The quantitative estimate of drug-likeness (QED) is 0.384. The number of hydrogen-bond donors (Lipinski definition) is 2. The van der Waals surface area contributed by atoms with Crippen LogP contribution in [0.15, 0.2) is 0 Å². The van der Waals surface area contributed by atoms with Gasteiger partial charge in [0.15, 0.2) is 0 Å². The Hall–Kier alpha value is -2.39. The molecular weight excluding hydrogens is 446 g/mol. The van der Waals surface area contributed by atoms with Crippen LogP contribution >= 0.6 is 0 Å². The van der Waals surface area contributed by atoms with Crippen LogP contribution in [0.2, 0.25) is 0 Å². The molecule has 196 valence electrons. The molecule has 0 unspecified atom stereocenters. The lowest BCUT2D eigenvalue weighted by Crippen LogP contribution is -2.46. The highest BCUT2D eigenvalue weighted by atomic mass is 16.5. The first-order valence-corrected chi connectivity index (χ1v) is 13.1. The number of aromatic nitrogens is 1. The molecule has 0 aromatic carbocycles. The number of nitrogens with zero attached hydrogens (tertiary/aromatic N) is 3. The second-order valence-electron chi connectivity index (χ2n) is 9.92. The van der Waals surface area contributed by atoms with Gasteiger partial charge < -0.3 is 29.7 Å². The number of H-pyrrole nitrogens is 1. The summed E-state index contributed by atoms with van der Waals surface area (Å²) in [5.74, 6) is -0.367. The maximum absolute atomic E-state index is 12.9. The third kappa shape index (κ3) is 7.54. The van der Waals surface area contributed by atoms with Crippen LogP contribution in [0.25, 0.3) is 0 Å². The molecule has 2 aliphatic rings. The van der Waals surface area contributed by atoms with Crippen molar-refractivity contribution in [1.82, 2.24) is 25.0 Å². The van der Waals surface area contributed by atoms with Gasteiger partial charge in [0.1, 0.15) is 5.69 Å². The predicted octanol–water partition coefficient (Wildman–Crippen LogP) is 1.73. The van der Waals surface area contributed by atoms with E-state index in [4.69, 9.17) is 4.74 Å². The fraction of sp³-hybridized carbons (Fsp3) is 0.731. The van der Waals surface area contributed by atoms with Crippen molar-refractivity contribution in [3.8, 4) is 0 Å². The molecule has 35 heavy (non-hydrogen) atoms. The van der Waals surface area contributed by atoms with Crippen LogP contribution in [0.4, 0.5) is 0 Å². The van der Waals surface area contributed by atoms with Gasteiger partial charge in [-0.3, -0.25) is 9.59 Å². The predicted molar refractivity (Wildman–Crippen MR) is 135 cm³/mol. The minimum absolute atomic E-state index is 0.0650. The van der Waals surface area contributed by atoms with Gasteiger partial charge in [-0.1, -0.05) is 0 Å². The smallest absolute Gasteiger partial charge is 0.355 e. The normalized spacial score (nSPS) is 19.5. The zero-order valence-electron chi connectivity index (χ0n) is 22.0. The topological polar surface area (TPSA) is 98.0 Å². The van der Waals surface area contributed by atoms with Gasteiger partial charge in [0, 0.05) is 57.9 Å². The molecule has 2 fully saturated rings. The largest absolute Gasteiger partial charge is 0.461 e. The molecule has 0 bridgehead atoms. The summed E-state index contributed by atoms with van der Waals surface area (Å²) in [6.07, 6.45) is 3.55. The number of piperidine rings is 1. The number of rotatable bonds is 10. The van der Waals surface area contributed by atoms with Crippen LogP contribution in [0.1, 0.15) is 59.9 Å². The number of hydrogen-bond acceptors (Lipinski definition) is 6. The Morgan fingerprint density at radius 1 is 1.11 bits per heavy atom. The molecule has 3 rings (SSSR count). The third-order valence-electron chi connectivity index (χ3n) is 7.35. The molecule has 0 spiro atoms. The maximum atomic E-state index is 12.9. The Bertz CT molecular complexity index is 875. The lowest BCUT2D eigenvalue weighted by atomic mass is 9.96. The number of piperazine rings is 1. The number of nitrogens with one attached hydrogen (secondary N) is 2. The summed E-state index contributed by atoms with van der Waals surface area (Å²) < 4.78 is 5.11. The summed E-state index contributed by atoms with van der Waals surface area (Å²) in [6, 6.07) is 0. The Balaban J connectivity index is 1.42. The first kappa shape index (κ1) is 27.2. The molecule has 2 N–H and O–H groups in total. The number of aryl methyl sites for hydroxylation is 1. The van der Waals surface area contributed by atoms with Crippen molar-refractivity contribution >= 4 is 17.8 Å². The first-order valence-electron chi connectivity index (χ1n) is 13.1. The number of aromatic amines is 1. The van der Waals surface area contributed by atoms with Crippen LogP contribution in [-0.2, 0) is 20.7 Å². The van der Waals surface area contributed by atoms with Gasteiger partial charge in [0.2, 0.25) is 11.8 Å². The Labute approximate surface area is 209 Å². The number of likely N-dealkylation sites (N-methyl/N-ethyl adjacent to an activating group) is 1. The molecule has 2 saturated heterocycles. The van der Waals surface area contributed by atoms with Gasteiger partial charge >= 0.3 is 5.97 Å². The molecule has 9 heteroatoms. The highest BCUT2D eigenvalue weighted by Crippen LogP contribution is 2.22. The zero-order chi connectivity index (χ0) is 25.4. The van der Waals surface area contributed by atoms with Crippen molar-refractivity contribution in [2.24, 2.45) is 5.92 Å². The minimum Gasteiger partial charge on any atom is -0.461 e. The monoisotopic (exact) mass is 489 g/mol. The molecule has 0 aliphatic carbocycles. The maximum Gasteiger partial charge on any atom is 0.355 e. The van der Waals surface area contributed by atoms with Crippen molar-refractivity contribution < 1.29 is 19.1 Å². The van der Waals surface area contributed by atoms with E-state index in [2.05, 4.69) is 27.1 Å². The second-order valence-corrected chi connectivity index (χ2v) is 9.92. The highest BCUT2D eigenvalue weighted by molar-refractivity contribution is 5.90. The Morgan fingerprint density at radius 2 is 1.86 bits per heavy atom. The molecule has 0 radical (unpaired) electrons. The molecule has 9 nitrogen and oxygen atoms in total. The SMILES string of the molecule is CCOC(=O)c1[nH]c(C)c(CCC(=O)N2CCC[C@H](C(=O)NCCCN3CCN(C)CC3)C2)c1C. The van der Waals surface area contributed by atoms with E-state index in [9.17, 15) is 14.4 Å². The van der Waals surface area contributed by atoms with E-state index in [1.807, 2.05) is 18.7 Å². The second kappa shape index (κ2) is 13.1. The zero-order valence-corrected chi connectivity index (χ0v) is 22.0. The van der Waals surface area contributed by atoms with Crippen molar-refractivity contribution in [3.63, 3.8) is 0 Å². The molecule has 1 aromatic heterocycles. The standard InChI is InChI=1S/C26H43N5O4/c1-5-35-26(34)24-19(2)22(20(3)28-24)9-10-23(32)31-13-6-8-21(18-31)25(33)27-11-7-12-30-16-14-29(4)15-17-30/h21,28H,5-18H2,1-4H3,(H,27,33)/t21-/m0/s1. The van der Waals surface area contributed by atoms with Crippen molar-refractivity contribution in [3.05, 3.63) is 22.5 Å². The number of amides is 2. The summed E-state index contributed by atoms with van der Waals surface area (Å²) in [5.41, 5.74) is 3.20. The highest BCUT2D eigenvalue weighted by Gasteiger charge is 2.28. The van der Waals surface area contributed by atoms with Gasteiger partial charge in [-0.25, -0.2) is 4.79 Å². The van der Waals surface area contributed by atoms with E-state index in [0.717, 1.165) is 68.8 Å². The van der Waals surface area contributed by atoms with E-state index >= 15 is 0 Å². The van der Waals surface area contributed by atoms with E-state index in [1.54, 1.807) is 6.92 Å².